The first-order valence-corrected chi connectivity index (χ1v) is 4.46. The lowest BCUT2D eigenvalue weighted by atomic mass is 10.1. The number of hydrogen-bond acceptors (Lipinski definition) is 1. The van der Waals surface area contributed by atoms with E-state index in [9.17, 15) is 0 Å². The van der Waals surface area contributed by atoms with E-state index in [0.717, 1.165) is 6.61 Å². The number of alkyl halides is 1. The van der Waals surface area contributed by atoms with E-state index in [1.54, 1.807) is 0 Å². The molecule has 0 aromatic rings. The molecule has 2 heteroatoms. The minimum atomic E-state index is 0.541. The normalized spacial score (nSPS) is 30.7. The van der Waals surface area contributed by atoms with Gasteiger partial charge in [-0.05, 0) is 19.3 Å². The van der Waals surface area contributed by atoms with Crippen molar-refractivity contribution in [1.82, 2.24) is 0 Å². The highest BCUT2D eigenvalue weighted by Gasteiger charge is 2.16. The van der Waals surface area contributed by atoms with Crippen molar-refractivity contribution in [2.45, 2.75) is 37.1 Å². The van der Waals surface area contributed by atoms with Crippen molar-refractivity contribution in [3.63, 3.8) is 0 Å². The van der Waals surface area contributed by atoms with Crippen molar-refractivity contribution in [3.05, 3.63) is 0 Å². The minimum Gasteiger partial charge on any atom is -0.378 e. The maximum Gasteiger partial charge on any atom is 0.0586 e. The lowest BCUT2D eigenvalue weighted by molar-refractivity contribution is 0.105. The summed E-state index contributed by atoms with van der Waals surface area (Å²) in [6, 6.07) is 0. The zero-order chi connectivity index (χ0) is 6.69. The summed E-state index contributed by atoms with van der Waals surface area (Å²) in [5.41, 5.74) is 0. The number of rotatable bonds is 2. The third-order valence-corrected chi connectivity index (χ3v) is 1.99. The summed E-state index contributed by atoms with van der Waals surface area (Å²) >= 11 is 3.50. The van der Waals surface area contributed by atoms with Gasteiger partial charge in [-0.15, -0.1) is 0 Å². The summed E-state index contributed by atoms with van der Waals surface area (Å²) < 4.78 is 5.43. The fourth-order valence-electron chi connectivity index (χ4n) is 1.19. The molecule has 0 aliphatic carbocycles. The SMILES string of the molecule is CC(Br)CC1CCCO1. The Morgan fingerprint density at radius 2 is 2.56 bits per heavy atom. The van der Waals surface area contributed by atoms with Crippen LogP contribution in [0.25, 0.3) is 0 Å². The van der Waals surface area contributed by atoms with Crippen LogP contribution in [0.2, 0.25) is 0 Å². The van der Waals surface area contributed by atoms with Crippen molar-refractivity contribution in [2.75, 3.05) is 6.61 Å². The minimum absolute atomic E-state index is 0.541. The van der Waals surface area contributed by atoms with Crippen LogP contribution in [0.15, 0.2) is 0 Å². The molecule has 2 atom stereocenters. The Balaban J connectivity index is 2.11. The second-order valence-electron chi connectivity index (χ2n) is 2.65. The van der Waals surface area contributed by atoms with Crippen LogP contribution >= 0.6 is 15.9 Å². The zero-order valence-electron chi connectivity index (χ0n) is 5.77. The summed E-state index contributed by atoms with van der Waals surface area (Å²) in [6.07, 6.45) is 4.22. The molecule has 1 aliphatic rings. The lowest BCUT2D eigenvalue weighted by Gasteiger charge is -2.09. The molecule has 1 heterocycles. The first-order valence-electron chi connectivity index (χ1n) is 3.54. The molecular formula is C7H13BrO. The molecular weight excluding hydrogens is 180 g/mol. The van der Waals surface area contributed by atoms with E-state index in [1.165, 1.54) is 19.3 Å². The van der Waals surface area contributed by atoms with Crippen LogP contribution in [-0.4, -0.2) is 17.5 Å². The van der Waals surface area contributed by atoms with Gasteiger partial charge in [0.1, 0.15) is 0 Å². The van der Waals surface area contributed by atoms with Crippen LogP contribution in [0.3, 0.4) is 0 Å². The van der Waals surface area contributed by atoms with E-state index in [1.807, 2.05) is 0 Å². The molecule has 1 fully saturated rings. The van der Waals surface area contributed by atoms with Crippen molar-refractivity contribution >= 4 is 15.9 Å². The van der Waals surface area contributed by atoms with Gasteiger partial charge in [0.25, 0.3) is 0 Å². The second-order valence-corrected chi connectivity index (χ2v) is 4.21. The van der Waals surface area contributed by atoms with Crippen LogP contribution in [0.1, 0.15) is 26.2 Å². The van der Waals surface area contributed by atoms with Gasteiger partial charge in [-0.25, -0.2) is 0 Å². The maximum absolute atomic E-state index is 5.43. The molecule has 0 spiro atoms. The van der Waals surface area contributed by atoms with Crippen molar-refractivity contribution in [2.24, 2.45) is 0 Å². The van der Waals surface area contributed by atoms with E-state index >= 15 is 0 Å². The molecule has 0 aromatic heterocycles. The Hall–Kier alpha value is 0.440. The first kappa shape index (κ1) is 7.55. The summed E-state index contributed by atoms with van der Waals surface area (Å²) in [7, 11) is 0. The third kappa shape index (κ3) is 2.67. The summed E-state index contributed by atoms with van der Waals surface area (Å²) in [5, 5.41) is 0. The Bertz CT molecular complexity index is 77.0. The molecule has 0 amide bonds. The van der Waals surface area contributed by atoms with E-state index in [-0.39, 0.29) is 0 Å². The Morgan fingerprint density at radius 3 is 3.00 bits per heavy atom. The summed E-state index contributed by atoms with van der Waals surface area (Å²) in [4.78, 5) is 0.612. The van der Waals surface area contributed by atoms with E-state index in [2.05, 4.69) is 22.9 Å². The molecule has 54 valence electrons. The smallest absolute Gasteiger partial charge is 0.0586 e. The van der Waals surface area contributed by atoms with Gasteiger partial charge in [-0.1, -0.05) is 22.9 Å². The van der Waals surface area contributed by atoms with E-state index in [0.29, 0.717) is 10.9 Å². The number of ether oxygens (including phenoxy) is 1. The second kappa shape index (κ2) is 3.57. The monoisotopic (exact) mass is 192 g/mol. The predicted molar refractivity (Wildman–Crippen MR) is 42.0 cm³/mol. The molecule has 0 N–H and O–H groups in total. The third-order valence-electron chi connectivity index (χ3n) is 1.61. The first-order chi connectivity index (χ1) is 4.29. The van der Waals surface area contributed by atoms with Gasteiger partial charge in [0.15, 0.2) is 0 Å². The Morgan fingerprint density at radius 1 is 1.78 bits per heavy atom. The molecule has 1 saturated heterocycles. The molecule has 0 aromatic carbocycles. The van der Waals surface area contributed by atoms with E-state index < -0.39 is 0 Å². The molecule has 9 heavy (non-hydrogen) atoms. The van der Waals surface area contributed by atoms with Gasteiger partial charge >= 0.3 is 0 Å². The molecule has 1 rings (SSSR count). The van der Waals surface area contributed by atoms with Crippen LogP contribution < -0.4 is 0 Å². The predicted octanol–water partition coefficient (Wildman–Crippen LogP) is 2.34. The topological polar surface area (TPSA) is 9.23 Å². The van der Waals surface area contributed by atoms with Gasteiger partial charge in [0.05, 0.1) is 6.10 Å². The molecule has 2 unspecified atom stereocenters. The highest BCUT2D eigenvalue weighted by Crippen LogP contribution is 2.19. The highest BCUT2D eigenvalue weighted by molar-refractivity contribution is 9.09. The number of halogens is 1. The zero-order valence-corrected chi connectivity index (χ0v) is 7.36. The van der Waals surface area contributed by atoms with Gasteiger partial charge in [0, 0.05) is 11.4 Å². The summed E-state index contributed by atoms with van der Waals surface area (Å²) in [6.45, 7) is 3.14. The van der Waals surface area contributed by atoms with E-state index in [4.69, 9.17) is 4.74 Å². The Kier molecular flexibility index (Phi) is 2.99. The van der Waals surface area contributed by atoms with Gasteiger partial charge in [-0.3, -0.25) is 0 Å². The summed E-state index contributed by atoms with van der Waals surface area (Å²) in [5.74, 6) is 0. The van der Waals surface area contributed by atoms with Gasteiger partial charge in [-0.2, -0.15) is 0 Å². The molecule has 0 bridgehead atoms. The van der Waals surface area contributed by atoms with Crippen LogP contribution in [-0.2, 0) is 4.74 Å². The fraction of sp³-hybridized carbons (Fsp3) is 1.00. The molecule has 1 aliphatic heterocycles. The average molecular weight is 193 g/mol. The maximum atomic E-state index is 5.43. The molecule has 1 nitrogen and oxygen atoms in total. The van der Waals surface area contributed by atoms with Crippen molar-refractivity contribution in [1.29, 1.82) is 0 Å². The lowest BCUT2D eigenvalue weighted by Crippen LogP contribution is -2.09. The Labute approximate surface area is 64.9 Å². The quantitative estimate of drug-likeness (QED) is 0.611. The van der Waals surface area contributed by atoms with Crippen molar-refractivity contribution < 1.29 is 4.74 Å². The highest BCUT2D eigenvalue weighted by atomic mass is 79.9. The average Bonchev–Trinajstić information content (AvgIpc) is 2.15. The fourth-order valence-corrected chi connectivity index (χ4v) is 1.61. The van der Waals surface area contributed by atoms with Gasteiger partial charge < -0.3 is 4.74 Å². The number of hydrogen-bond donors (Lipinski definition) is 0. The standard InChI is InChI=1S/C7H13BrO/c1-6(8)5-7-3-2-4-9-7/h6-7H,2-5H2,1H3. The van der Waals surface area contributed by atoms with Crippen LogP contribution in [0.4, 0.5) is 0 Å². The largest absolute Gasteiger partial charge is 0.378 e. The van der Waals surface area contributed by atoms with Gasteiger partial charge in [0.2, 0.25) is 0 Å². The molecule has 0 radical (unpaired) electrons. The van der Waals surface area contributed by atoms with Crippen molar-refractivity contribution in [3.8, 4) is 0 Å². The molecule has 0 saturated carbocycles. The van der Waals surface area contributed by atoms with Crippen LogP contribution in [0.5, 0.6) is 0 Å². The van der Waals surface area contributed by atoms with Crippen LogP contribution in [0, 0.1) is 0 Å².